The van der Waals surface area contributed by atoms with Crippen molar-refractivity contribution in [1.29, 1.82) is 0 Å². The van der Waals surface area contributed by atoms with Crippen LogP contribution in [0, 0.1) is 25.5 Å². The standard InChI is InChI=1S/C15H12Br2F2/c1-8-3-10(6-11(16)4-8)15(17)12-7-13(18)9(2)5-14(12)19/h3-7,15H,1-2H3. The first-order valence-electron chi connectivity index (χ1n) is 5.75. The summed E-state index contributed by atoms with van der Waals surface area (Å²) in [5.41, 5.74) is 2.56. The third-order valence-electron chi connectivity index (χ3n) is 2.91. The lowest BCUT2D eigenvalue weighted by atomic mass is 10.0. The van der Waals surface area contributed by atoms with Crippen LogP contribution < -0.4 is 0 Å². The van der Waals surface area contributed by atoms with E-state index in [9.17, 15) is 8.78 Å². The molecule has 0 amide bonds. The second-order valence-electron chi connectivity index (χ2n) is 4.55. The van der Waals surface area contributed by atoms with E-state index in [0.29, 0.717) is 11.1 Å². The van der Waals surface area contributed by atoms with Crippen molar-refractivity contribution in [3.63, 3.8) is 0 Å². The van der Waals surface area contributed by atoms with Crippen molar-refractivity contribution in [1.82, 2.24) is 0 Å². The van der Waals surface area contributed by atoms with Crippen molar-refractivity contribution in [2.75, 3.05) is 0 Å². The number of alkyl halides is 1. The molecule has 0 heterocycles. The van der Waals surface area contributed by atoms with Crippen molar-refractivity contribution in [3.05, 3.63) is 68.7 Å². The van der Waals surface area contributed by atoms with Gasteiger partial charge in [0.15, 0.2) is 0 Å². The van der Waals surface area contributed by atoms with Crippen LogP contribution in [-0.2, 0) is 0 Å². The Morgan fingerprint density at radius 3 is 2.26 bits per heavy atom. The van der Waals surface area contributed by atoms with E-state index in [1.54, 1.807) is 6.92 Å². The number of halogens is 4. The summed E-state index contributed by atoms with van der Waals surface area (Å²) < 4.78 is 28.5. The number of rotatable bonds is 2. The first kappa shape index (κ1) is 14.7. The average molecular weight is 390 g/mol. The van der Waals surface area contributed by atoms with Crippen LogP contribution in [0.2, 0.25) is 0 Å². The maximum Gasteiger partial charge on any atom is 0.128 e. The van der Waals surface area contributed by atoms with Crippen molar-refractivity contribution >= 4 is 31.9 Å². The molecule has 0 aliphatic carbocycles. The molecule has 0 fully saturated rings. The molecule has 0 nitrogen and oxygen atoms in total. The molecular formula is C15H12Br2F2. The molecule has 0 N–H and O–H groups in total. The summed E-state index contributed by atoms with van der Waals surface area (Å²) in [6, 6.07) is 8.28. The highest BCUT2D eigenvalue weighted by Gasteiger charge is 2.17. The van der Waals surface area contributed by atoms with Crippen molar-refractivity contribution < 1.29 is 8.78 Å². The monoisotopic (exact) mass is 388 g/mol. The molecule has 1 unspecified atom stereocenters. The summed E-state index contributed by atoms with van der Waals surface area (Å²) in [6.07, 6.45) is 0. The SMILES string of the molecule is Cc1cc(Br)cc(C(Br)c2cc(F)c(C)cc2F)c1. The molecule has 2 aromatic rings. The van der Waals surface area contributed by atoms with E-state index >= 15 is 0 Å². The molecule has 0 radical (unpaired) electrons. The van der Waals surface area contributed by atoms with Gasteiger partial charge >= 0.3 is 0 Å². The molecule has 0 saturated heterocycles. The van der Waals surface area contributed by atoms with Crippen molar-refractivity contribution in [2.24, 2.45) is 0 Å². The fraction of sp³-hybridized carbons (Fsp3) is 0.200. The number of hydrogen-bond acceptors (Lipinski definition) is 0. The lowest BCUT2D eigenvalue weighted by Crippen LogP contribution is -2.00. The van der Waals surface area contributed by atoms with Gasteiger partial charge in [0.05, 0.1) is 4.83 Å². The zero-order valence-electron chi connectivity index (χ0n) is 10.5. The Hall–Kier alpha value is -0.740. The maximum absolute atomic E-state index is 14.0. The highest BCUT2D eigenvalue weighted by Crippen LogP contribution is 2.35. The van der Waals surface area contributed by atoms with E-state index < -0.39 is 11.6 Å². The van der Waals surface area contributed by atoms with Crippen LogP contribution in [-0.4, -0.2) is 0 Å². The van der Waals surface area contributed by atoms with Gasteiger partial charge in [0.2, 0.25) is 0 Å². The topological polar surface area (TPSA) is 0 Å². The van der Waals surface area contributed by atoms with E-state index in [2.05, 4.69) is 31.9 Å². The van der Waals surface area contributed by atoms with Gasteiger partial charge in [-0.15, -0.1) is 0 Å². The molecule has 4 heteroatoms. The van der Waals surface area contributed by atoms with E-state index in [1.807, 2.05) is 25.1 Å². The van der Waals surface area contributed by atoms with Crippen LogP contribution in [0.25, 0.3) is 0 Å². The Kier molecular flexibility index (Phi) is 4.41. The van der Waals surface area contributed by atoms with Gasteiger partial charge in [-0.2, -0.15) is 0 Å². The third-order valence-corrected chi connectivity index (χ3v) is 4.39. The Labute approximate surface area is 128 Å². The van der Waals surface area contributed by atoms with Gasteiger partial charge < -0.3 is 0 Å². The molecule has 100 valence electrons. The van der Waals surface area contributed by atoms with Gasteiger partial charge in [0, 0.05) is 10.0 Å². The normalized spacial score (nSPS) is 12.5. The van der Waals surface area contributed by atoms with Crippen LogP contribution >= 0.6 is 31.9 Å². The second kappa shape index (κ2) is 5.71. The minimum atomic E-state index is -0.404. The third kappa shape index (κ3) is 3.23. The predicted octanol–water partition coefficient (Wildman–Crippen LogP) is 5.83. The molecule has 2 aromatic carbocycles. The fourth-order valence-corrected chi connectivity index (χ4v) is 3.19. The molecule has 0 aromatic heterocycles. The lowest BCUT2D eigenvalue weighted by Gasteiger charge is -2.14. The molecule has 2 rings (SSSR count). The summed E-state index contributed by atoms with van der Waals surface area (Å²) >= 11 is 6.85. The molecule has 0 bridgehead atoms. The highest BCUT2D eigenvalue weighted by molar-refractivity contribution is 9.10. The minimum absolute atomic E-state index is 0.306. The minimum Gasteiger partial charge on any atom is -0.207 e. The molecule has 0 aliphatic heterocycles. The first-order valence-corrected chi connectivity index (χ1v) is 7.46. The summed E-state index contributed by atoms with van der Waals surface area (Å²) in [5.74, 6) is -0.800. The number of benzene rings is 2. The summed E-state index contributed by atoms with van der Waals surface area (Å²) in [6.45, 7) is 3.51. The fourth-order valence-electron chi connectivity index (χ4n) is 1.95. The molecule has 1 atom stereocenters. The van der Waals surface area contributed by atoms with E-state index in [0.717, 1.165) is 15.6 Å². The van der Waals surface area contributed by atoms with Gasteiger partial charge in [0.1, 0.15) is 11.6 Å². The van der Waals surface area contributed by atoms with E-state index in [-0.39, 0.29) is 4.83 Å². The predicted molar refractivity (Wildman–Crippen MR) is 80.7 cm³/mol. The number of aryl methyl sites for hydroxylation is 2. The molecule has 19 heavy (non-hydrogen) atoms. The lowest BCUT2D eigenvalue weighted by molar-refractivity contribution is 0.581. The Bertz CT molecular complexity index is 604. The van der Waals surface area contributed by atoms with E-state index in [4.69, 9.17) is 0 Å². The van der Waals surface area contributed by atoms with Gasteiger partial charge in [-0.25, -0.2) is 8.78 Å². The molecule has 0 spiro atoms. The van der Waals surface area contributed by atoms with Gasteiger partial charge in [-0.1, -0.05) is 37.9 Å². The first-order chi connectivity index (χ1) is 8.88. The van der Waals surface area contributed by atoms with Gasteiger partial charge in [0.25, 0.3) is 0 Å². The average Bonchev–Trinajstić information content (AvgIpc) is 2.31. The Morgan fingerprint density at radius 1 is 0.947 bits per heavy atom. The second-order valence-corrected chi connectivity index (χ2v) is 6.38. The highest BCUT2D eigenvalue weighted by atomic mass is 79.9. The van der Waals surface area contributed by atoms with Crippen LogP contribution in [0.3, 0.4) is 0 Å². The van der Waals surface area contributed by atoms with Crippen LogP contribution in [0.5, 0.6) is 0 Å². The Balaban J connectivity index is 2.49. The van der Waals surface area contributed by atoms with Crippen LogP contribution in [0.15, 0.2) is 34.8 Å². The van der Waals surface area contributed by atoms with Crippen LogP contribution in [0.4, 0.5) is 8.78 Å². The Morgan fingerprint density at radius 2 is 1.63 bits per heavy atom. The summed E-state index contributed by atoms with van der Waals surface area (Å²) in [5, 5.41) is 0. The van der Waals surface area contributed by atoms with Crippen molar-refractivity contribution in [3.8, 4) is 0 Å². The smallest absolute Gasteiger partial charge is 0.128 e. The summed E-state index contributed by atoms with van der Waals surface area (Å²) in [4.78, 5) is -0.376. The molecule has 0 saturated carbocycles. The number of hydrogen-bond donors (Lipinski definition) is 0. The largest absolute Gasteiger partial charge is 0.207 e. The molecule has 0 aliphatic rings. The summed E-state index contributed by atoms with van der Waals surface area (Å²) in [7, 11) is 0. The zero-order valence-corrected chi connectivity index (χ0v) is 13.6. The van der Waals surface area contributed by atoms with Crippen molar-refractivity contribution in [2.45, 2.75) is 18.7 Å². The zero-order chi connectivity index (χ0) is 14.2. The quantitative estimate of drug-likeness (QED) is 0.567. The van der Waals surface area contributed by atoms with Gasteiger partial charge in [-0.05, 0) is 54.8 Å². The van der Waals surface area contributed by atoms with Gasteiger partial charge in [-0.3, -0.25) is 0 Å². The molecular weight excluding hydrogens is 378 g/mol. The van der Waals surface area contributed by atoms with Crippen LogP contribution in [0.1, 0.15) is 27.1 Å². The maximum atomic E-state index is 14.0. The van der Waals surface area contributed by atoms with E-state index in [1.165, 1.54) is 12.1 Å².